The van der Waals surface area contributed by atoms with E-state index in [1.807, 2.05) is 24.0 Å². The van der Waals surface area contributed by atoms with Gasteiger partial charge >= 0.3 is 0 Å². The van der Waals surface area contributed by atoms with E-state index in [1.54, 1.807) is 23.1 Å². The van der Waals surface area contributed by atoms with E-state index in [1.165, 1.54) is 30.0 Å². The molecule has 2 aliphatic rings. The largest absolute Gasteiger partial charge is 0.367 e. The molecule has 2 saturated heterocycles. The predicted molar refractivity (Wildman–Crippen MR) is 135 cm³/mol. The molecule has 1 N–H and O–H groups in total. The van der Waals surface area contributed by atoms with Gasteiger partial charge in [0.05, 0.1) is 10.6 Å². The van der Waals surface area contributed by atoms with E-state index in [0.29, 0.717) is 43.1 Å². The lowest BCUT2D eigenvalue weighted by molar-refractivity contribution is -0.384. The average molecular weight is 494 g/mol. The number of nitrogens with zero attached hydrogens (tertiary/aromatic N) is 4. The Kier molecular flexibility index (Phi) is 6.61. The van der Waals surface area contributed by atoms with Crippen LogP contribution in [0.3, 0.4) is 0 Å². The Hall–Kier alpha value is -4.12. The summed E-state index contributed by atoms with van der Waals surface area (Å²) in [5.74, 6) is -1.32. The first kappa shape index (κ1) is 24.0. The molecule has 2 heterocycles. The fourth-order valence-electron chi connectivity index (χ4n) is 4.06. The molecule has 2 aliphatic heterocycles. The molecule has 4 rings (SSSR count). The van der Waals surface area contributed by atoms with Crippen molar-refractivity contribution in [1.29, 1.82) is 0 Å². The van der Waals surface area contributed by atoms with Crippen LogP contribution in [0.25, 0.3) is 6.08 Å². The summed E-state index contributed by atoms with van der Waals surface area (Å²) in [5, 5.41) is 13.9. The van der Waals surface area contributed by atoms with Gasteiger partial charge in [-0.3, -0.25) is 34.7 Å². The van der Waals surface area contributed by atoms with E-state index < -0.39 is 16.7 Å². The van der Waals surface area contributed by atoms with Crippen molar-refractivity contribution in [3.8, 4) is 0 Å². The number of non-ortho nitro benzene ring substituents is 1. The first-order valence-corrected chi connectivity index (χ1v) is 11.3. The second-order valence-electron chi connectivity index (χ2n) is 8.29. The van der Waals surface area contributed by atoms with Crippen LogP contribution in [0.5, 0.6) is 0 Å². The third-order valence-corrected chi connectivity index (χ3v) is 6.27. The molecule has 35 heavy (non-hydrogen) atoms. The maximum absolute atomic E-state index is 13.4. The first-order valence-electron chi connectivity index (χ1n) is 10.9. The van der Waals surface area contributed by atoms with Crippen molar-refractivity contribution < 1.29 is 19.3 Å². The van der Waals surface area contributed by atoms with E-state index in [2.05, 4.69) is 5.32 Å². The van der Waals surface area contributed by atoms with Crippen molar-refractivity contribution in [2.75, 3.05) is 36.0 Å². The van der Waals surface area contributed by atoms with Gasteiger partial charge in [-0.15, -0.1) is 0 Å². The van der Waals surface area contributed by atoms with Gasteiger partial charge in [0.15, 0.2) is 5.11 Å². The minimum Gasteiger partial charge on any atom is -0.367 e. The Morgan fingerprint density at radius 3 is 2.34 bits per heavy atom. The Morgan fingerprint density at radius 1 is 1.09 bits per heavy atom. The molecule has 2 fully saturated rings. The number of thiocarbonyl (C=S) groups is 1. The number of benzene rings is 2. The molecule has 2 aromatic rings. The van der Waals surface area contributed by atoms with Crippen LogP contribution in [-0.2, 0) is 14.4 Å². The van der Waals surface area contributed by atoms with Gasteiger partial charge in [-0.25, -0.2) is 0 Å². The molecule has 3 amide bonds. The molecule has 0 aromatic heterocycles. The summed E-state index contributed by atoms with van der Waals surface area (Å²) in [7, 11) is 0. The standard InChI is InChI=1S/C24H23N5O5S/c1-15-3-5-18(6-4-15)28-23(32)20(22(31)25-24(28)35)14-17-13-19(29(33)34)7-8-21(17)27-11-9-26(10-12-27)16(2)30/h3-8,13-14H,9-12H2,1-2H3,(H,25,31,35)/b20-14-. The van der Waals surface area contributed by atoms with Crippen LogP contribution >= 0.6 is 12.2 Å². The monoisotopic (exact) mass is 493 g/mol. The molecule has 0 atom stereocenters. The lowest BCUT2D eigenvalue weighted by Crippen LogP contribution is -2.54. The second kappa shape index (κ2) is 9.63. The molecule has 0 saturated carbocycles. The highest BCUT2D eigenvalue weighted by Crippen LogP contribution is 2.30. The molecule has 0 bridgehead atoms. The van der Waals surface area contributed by atoms with E-state index in [-0.39, 0.29) is 22.3 Å². The quantitative estimate of drug-likeness (QED) is 0.229. The van der Waals surface area contributed by atoms with Crippen LogP contribution in [0.4, 0.5) is 17.1 Å². The number of anilines is 2. The molecule has 180 valence electrons. The summed E-state index contributed by atoms with van der Waals surface area (Å²) >= 11 is 5.25. The topological polar surface area (TPSA) is 116 Å². The van der Waals surface area contributed by atoms with Gasteiger partial charge in [0.25, 0.3) is 17.5 Å². The Labute approximate surface area is 206 Å². The third kappa shape index (κ3) is 4.90. The highest BCUT2D eigenvalue weighted by atomic mass is 32.1. The SMILES string of the molecule is CC(=O)N1CCN(c2ccc([N+](=O)[O-])cc2/C=C2/C(=O)NC(=S)N(c3ccc(C)cc3)C2=O)CC1. The van der Waals surface area contributed by atoms with E-state index in [9.17, 15) is 24.5 Å². The van der Waals surface area contributed by atoms with E-state index >= 15 is 0 Å². The minimum atomic E-state index is -0.679. The van der Waals surface area contributed by atoms with E-state index in [4.69, 9.17) is 12.2 Å². The van der Waals surface area contributed by atoms with Crippen LogP contribution in [-0.4, -0.2) is 58.8 Å². The number of carbonyl (C=O) groups excluding carboxylic acids is 3. The summed E-state index contributed by atoms with van der Waals surface area (Å²) in [6.45, 7) is 5.43. The molecule has 10 nitrogen and oxygen atoms in total. The van der Waals surface area contributed by atoms with Crippen LogP contribution < -0.4 is 15.1 Å². The van der Waals surface area contributed by atoms with Gasteiger partial charge in [-0.2, -0.15) is 0 Å². The lowest BCUT2D eigenvalue weighted by atomic mass is 10.0. The molecule has 0 unspecified atom stereocenters. The summed E-state index contributed by atoms with van der Waals surface area (Å²) in [4.78, 5) is 53.7. The fraction of sp³-hybridized carbons (Fsp3) is 0.250. The fourth-order valence-corrected chi connectivity index (χ4v) is 4.34. The normalized spacial score (nSPS) is 17.6. The summed E-state index contributed by atoms with van der Waals surface area (Å²) < 4.78 is 0. The minimum absolute atomic E-state index is 0.0210. The zero-order valence-corrected chi connectivity index (χ0v) is 20.0. The highest BCUT2D eigenvalue weighted by molar-refractivity contribution is 7.80. The second-order valence-corrected chi connectivity index (χ2v) is 8.67. The van der Waals surface area contributed by atoms with Crippen molar-refractivity contribution in [3.05, 3.63) is 69.3 Å². The van der Waals surface area contributed by atoms with Crippen LogP contribution in [0.2, 0.25) is 0 Å². The predicted octanol–water partition coefficient (Wildman–Crippen LogP) is 2.40. The maximum Gasteiger partial charge on any atom is 0.270 e. The smallest absolute Gasteiger partial charge is 0.270 e. The highest BCUT2D eigenvalue weighted by Gasteiger charge is 2.35. The number of aryl methyl sites for hydroxylation is 1. The van der Waals surface area contributed by atoms with Crippen molar-refractivity contribution >= 4 is 58.2 Å². The average Bonchev–Trinajstić information content (AvgIpc) is 2.82. The zero-order chi connectivity index (χ0) is 25.3. The van der Waals surface area contributed by atoms with Gasteiger partial charge < -0.3 is 9.80 Å². The molecule has 11 heteroatoms. The van der Waals surface area contributed by atoms with E-state index in [0.717, 1.165) is 5.56 Å². The third-order valence-electron chi connectivity index (χ3n) is 5.98. The number of hydrogen-bond donors (Lipinski definition) is 1. The van der Waals surface area contributed by atoms with Crippen LogP contribution in [0, 0.1) is 17.0 Å². The molecule has 2 aromatic carbocycles. The number of rotatable bonds is 4. The Bertz CT molecular complexity index is 1270. The lowest BCUT2D eigenvalue weighted by Gasteiger charge is -2.36. The van der Waals surface area contributed by atoms with Gasteiger partial charge in [-0.1, -0.05) is 17.7 Å². The van der Waals surface area contributed by atoms with Crippen LogP contribution in [0.1, 0.15) is 18.1 Å². The summed E-state index contributed by atoms with van der Waals surface area (Å²) in [6, 6.07) is 11.4. The number of nitro benzene ring substituents is 1. The van der Waals surface area contributed by atoms with Crippen molar-refractivity contribution in [2.24, 2.45) is 0 Å². The zero-order valence-electron chi connectivity index (χ0n) is 19.2. The van der Waals surface area contributed by atoms with Gasteiger partial charge in [0.2, 0.25) is 5.91 Å². The van der Waals surface area contributed by atoms with Crippen LogP contribution in [0.15, 0.2) is 48.0 Å². The first-order chi connectivity index (χ1) is 16.7. The Morgan fingerprint density at radius 2 is 1.74 bits per heavy atom. The Balaban J connectivity index is 1.74. The molecular weight excluding hydrogens is 470 g/mol. The van der Waals surface area contributed by atoms with Gasteiger partial charge in [0.1, 0.15) is 5.57 Å². The molecule has 0 aliphatic carbocycles. The molecule has 0 radical (unpaired) electrons. The number of nitrogens with one attached hydrogen (secondary N) is 1. The maximum atomic E-state index is 13.4. The number of nitro groups is 1. The van der Waals surface area contributed by atoms with Gasteiger partial charge in [0, 0.05) is 56.5 Å². The number of hydrogen-bond acceptors (Lipinski definition) is 7. The van der Waals surface area contributed by atoms with Crippen molar-refractivity contribution in [1.82, 2.24) is 10.2 Å². The summed E-state index contributed by atoms with van der Waals surface area (Å²) in [6.07, 6.45) is 1.36. The molecular formula is C24H23N5O5S. The summed E-state index contributed by atoms with van der Waals surface area (Å²) in [5.41, 5.74) is 2.11. The number of carbonyl (C=O) groups is 3. The van der Waals surface area contributed by atoms with Crippen molar-refractivity contribution in [2.45, 2.75) is 13.8 Å². The molecule has 0 spiro atoms. The number of piperazine rings is 1. The van der Waals surface area contributed by atoms with Gasteiger partial charge in [-0.05, 0) is 43.4 Å². The number of amides is 3. The van der Waals surface area contributed by atoms with Crippen molar-refractivity contribution in [3.63, 3.8) is 0 Å².